The SMILES string of the molecule is C=C[C@@H]1OC(C(C)(C)C)C(N)[C@H](C(C)(C)I)O1. The van der Waals surface area contributed by atoms with Crippen molar-refractivity contribution in [2.24, 2.45) is 11.1 Å². The van der Waals surface area contributed by atoms with Crippen LogP contribution in [0.15, 0.2) is 12.7 Å². The van der Waals surface area contributed by atoms with Crippen LogP contribution in [0, 0.1) is 5.41 Å². The highest BCUT2D eigenvalue weighted by atomic mass is 127. The Bertz CT molecular complexity index is 256. The maximum Gasteiger partial charge on any atom is 0.177 e. The molecule has 4 heteroatoms. The Balaban J connectivity index is 2.98. The predicted octanol–water partition coefficient (Wildman–Crippen LogP) is 2.87. The lowest BCUT2D eigenvalue weighted by molar-refractivity contribution is -0.252. The van der Waals surface area contributed by atoms with E-state index in [1.54, 1.807) is 6.08 Å². The smallest absolute Gasteiger partial charge is 0.177 e. The molecule has 0 aromatic heterocycles. The Morgan fingerprint density at radius 2 is 1.59 bits per heavy atom. The first kappa shape index (κ1) is 15.4. The summed E-state index contributed by atoms with van der Waals surface area (Å²) in [5, 5.41) is 0. The van der Waals surface area contributed by atoms with E-state index in [0.29, 0.717) is 0 Å². The van der Waals surface area contributed by atoms with Crippen molar-refractivity contribution in [2.75, 3.05) is 0 Å². The molecule has 1 aliphatic heterocycles. The lowest BCUT2D eigenvalue weighted by Crippen LogP contribution is -2.63. The molecule has 1 fully saturated rings. The molecule has 4 atom stereocenters. The molecule has 17 heavy (non-hydrogen) atoms. The molecule has 0 aromatic rings. The van der Waals surface area contributed by atoms with Gasteiger partial charge in [0.25, 0.3) is 0 Å². The molecule has 1 aliphatic rings. The zero-order chi connectivity index (χ0) is 13.4. The molecule has 0 spiro atoms. The van der Waals surface area contributed by atoms with Gasteiger partial charge in [0.05, 0.1) is 18.2 Å². The van der Waals surface area contributed by atoms with E-state index in [4.69, 9.17) is 15.2 Å². The van der Waals surface area contributed by atoms with Crippen LogP contribution in [0.1, 0.15) is 34.6 Å². The molecule has 3 nitrogen and oxygen atoms in total. The third kappa shape index (κ3) is 3.66. The molecule has 2 N–H and O–H groups in total. The Morgan fingerprint density at radius 3 is 1.94 bits per heavy atom. The maximum atomic E-state index is 6.32. The van der Waals surface area contributed by atoms with Crippen LogP contribution in [0.4, 0.5) is 0 Å². The maximum absolute atomic E-state index is 6.32. The summed E-state index contributed by atoms with van der Waals surface area (Å²) < 4.78 is 11.7. The van der Waals surface area contributed by atoms with Crippen LogP contribution in [-0.2, 0) is 9.47 Å². The van der Waals surface area contributed by atoms with Gasteiger partial charge in [-0.05, 0) is 25.3 Å². The van der Waals surface area contributed by atoms with Gasteiger partial charge in [-0.3, -0.25) is 0 Å². The summed E-state index contributed by atoms with van der Waals surface area (Å²) >= 11 is 2.38. The monoisotopic (exact) mass is 353 g/mol. The van der Waals surface area contributed by atoms with Gasteiger partial charge in [-0.1, -0.05) is 49.9 Å². The first-order valence-electron chi connectivity index (χ1n) is 5.95. The molecule has 1 rings (SSSR count). The fourth-order valence-corrected chi connectivity index (χ4v) is 2.74. The lowest BCUT2D eigenvalue weighted by Gasteiger charge is -2.48. The van der Waals surface area contributed by atoms with Crippen molar-refractivity contribution in [2.45, 2.75) is 62.6 Å². The van der Waals surface area contributed by atoms with Gasteiger partial charge >= 0.3 is 0 Å². The normalized spacial score (nSPS) is 35.7. The standard InChI is InChI=1S/C13H24INO2/c1-7-8-16-10(12(2,3)4)9(15)11(17-8)13(5,6)14/h7-11H,1,15H2,2-6H3/t8-,9?,10?,11-/m1/s1. The third-order valence-electron chi connectivity index (χ3n) is 2.98. The minimum atomic E-state index is -0.363. The second kappa shape index (κ2) is 5.15. The predicted molar refractivity (Wildman–Crippen MR) is 79.3 cm³/mol. The van der Waals surface area contributed by atoms with E-state index in [1.807, 2.05) is 0 Å². The van der Waals surface area contributed by atoms with Crippen LogP contribution in [0.3, 0.4) is 0 Å². The summed E-state index contributed by atoms with van der Waals surface area (Å²) in [4.78, 5) is 0. The van der Waals surface area contributed by atoms with Gasteiger partial charge in [-0.15, -0.1) is 0 Å². The Kier molecular flexibility index (Phi) is 4.67. The van der Waals surface area contributed by atoms with Gasteiger partial charge in [0.2, 0.25) is 0 Å². The van der Waals surface area contributed by atoms with Crippen LogP contribution < -0.4 is 5.73 Å². The number of hydrogen-bond donors (Lipinski definition) is 1. The van der Waals surface area contributed by atoms with Crippen molar-refractivity contribution in [3.63, 3.8) is 0 Å². The molecule has 1 heterocycles. The summed E-state index contributed by atoms with van der Waals surface area (Å²) in [6.45, 7) is 14.4. The number of nitrogens with two attached hydrogens (primary N) is 1. The number of rotatable bonds is 2. The average Bonchev–Trinajstić information content (AvgIpc) is 2.14. The fourth-order valence-electron chi connectivity index (χ4n) is 2.17. The molecule has 100 valence electrons. The van der Waals surface area contributed by atoms with Gasteiger partial charge in [0, 0.05) is 3.42 Å². The number of hydrogen-bond acceptors (Lipinski definition) is 3. The first-order valence-corrected chi connectivity index (χ1v) is 7.03. The van der Waals surface area contributed by atoms with E-state index in [1.165, 1.54) is 0 Å². The summed E-state index contributed by atoms with van der Waals surface area (Å²) in [5.41, 5.74) is 6.31. The highest BCUT2D eigenvalue weighted by Gasteiger charge is 2.47. The molecule has 0 aromatic carbocycles. The molecule has 0 radical (unpaired) electrons. The fraction of sp³-hybridized carbons (Fsp3) is 0.846. The van der Waals surface area contributed by atoms with E-state index in [0.717, 1.165) is 0 Å². The van der Waals surface area contributed by atoms with Gasteiger partial charge in [-0.25, -0.2) is 0 Å². The summed E-state index contributed by atoms with van der Waals surface area (Å²) in [7, 11) is 0. The van der Waals surface area contributed by atoms with Crippen LogP contribution >= 0.6 is 22.6 Å². The minimum Gasteiger partial charge on any atom is -0.343 e. The van der Waals surface area contributed by atoms with E-state index in [-0.39, 0.29) is 33.4 Å². The number of alkyl halides is 1. The van der Waals surface area contributed by atoms with E-state index < -0.39 is 0 Å². The number of ether oxygens (including phenoxy) is 2. The Morgan fingerprint density at radius 1 is 1.12 bits per heavy atom. The molecule has 0 saturated carbocycles. The van der Waals surface area contributed by atoms with Crippen LogP contribution in [0.5, 0.6) is 0 Å². The van der Waals surface area contributed by atoms with Crippen molar-refractivity contribution in [3.8, 4) is 0 Å². The second-order valence-electron chi connectivity index (χ2n) is 6.23. The van der Waals surface area contributed by atoms with Crippen LogP contribution in [-0.4, -0.2) is 28.0 Å². The number of halogens is 1. The highest BCUT2D eigenvalue weighted by molar-refractivity contribution is 14.1. The van der Waals surface area contributed by atoms with Crippen LogP contribution in [0.2, 0.25) is 0 Å². The van der Waals surface area contributed by atoms with Crippen molar-refractivity contribution in [1.82, 2.24) is 0 Å². The molecular formula is C13H24INO2. The second-order valence-corrected chi connectivity index (χ2v) is 9.01. The first-order chi connectivity index (χ1) is 7.57. The van der Waals surface area contributed by atoms with Crippen molar-refractivity contribution >= 4 is 22.6 Å². The molecule has 0 bridgehead atoms. The molecular weight excluding hydrogens is 329 g/mol. The molecule has 0 amide bonds. The van der Waals surface area contributed by atoms with Gasteiger partial charge < -0.3 is 15.2 Å². The van der Waals surface area contributed by atoms with Crippen molar-refractivity contribution in [1.29, 1.82) is 0 Å². The van der Waals surface area contributed by atoms with E-state index in [9.17, 15) is 0 Å². The molecule has 1 saturated heterocycles. The van der Waals surface area contributed by atoms with Crippen molar-refractivity contribution in [3.05, 3.63) is 12.7 Å². The summed E-state index contributed by atoms with van der Waals surface area (Å²) in [5.74, 6) is 0. The van der Waals surface area contributed by atoms with Crippen molar-refractivity contribution < 1.29 is 9.47 Å². The average molecular weight is 353 g/mol. The largest absolute Gasteiger partial charge is 0.343 e. The van der Waals surface area contributed by atoms with Gasteiger partial charge in [0.15, 0.2) is 6.29 Å². The zero-order valence-corrected chi connectivity index (χ0v) is 13.5. The Hall–Kier alpha value is 0.350. The van der Waals surface area contributed by atoms with E-state index >= 15 is 0 Å². The minimum absolute atomic E-state index is 0.00933. The summed E-state index contributed by atoms with van der Waals surface area (Å²) in [6.07, 6.45) is 1.26. The topological polar surface area (TPSA) is 44.5 Å². The third-order valence-corrected chi connectivity index (χ3v) is 3.60. The van der Waals surface area contributed by atoms with Gasteiger partial charge in [0.1, 0.15) is 0 Å². The molecule has 2 unspecified atom stereocenters. The van der Waals surface area contributed by atoms with Gasteiger partial charge in [-0.2, -0.15) is 0 Å². The Labute approximate surface area is 118 Å². The van der Waals surface area contributed by atoms with Crippen LogP contribution in [0.25, 0.3) is 0 Å². The van der Waals surface area contributed by atoms with E-state index in [2.05, 4.69) is 63.8 Å². The molecule has 0 aliphatic carbocycles. The highest BCUT2D eigenvalue weighted by Crippen LogP contribution is 2.37. The quantitative estimate of drug-likeness (QED) is 0.472. The zero-order valence-electron chi connectivity index (χ0n) is 11.4. The lowest BCUT2D eigenvalue weighted by atomic mass is 9.80. The summed E-state index contributed by atoms with van der Waals surface area (Å²) in [6, 6.07) is -0.127.